The summed E-state index contributed by atoms with van der Waals surface area (Å²) in [6.07, 6.45) is 0.0350. The van der Waals surface area contributed by atoms with Gasteiger partial charge >= 0.3 is 0 Å². The predicted molar refractivity (Wildman–Crippen MR) is 88.4 cm³/mol. The van der Waals surface area contributed by atoms with Gasteiger partial charge in [-0.15, -0.1) is 0 Å². The van der Waals surface area contributed by atoms with E-state index in [1.807, 2.05) is 68.4 Å². The van der Waals surface area contributed by atoms with Gasteiger partial charge in [-0.05, 0) is 37.5 Å². The molecule has 3 heteroatoms. The van der Waals surface area contributed by atoms with E-state index >= 15 is 0 Å². The Morgan fingerprint density at radius 1 is 1.14 bits per heavy atom. The van der Waals surface area contributed by atoms with Crippen molar-refractivity contribution < 1.29 is 9.90 Å². The maximum Gasteiger partial charge on any atom is 0.223 e. The smallest absolute Gasteiger partial charge is 0.223 e. The second-order valence-corrected chi connectivity index (χ2v) is 5.96. The van der Waals surface area contributed by atoms with Crippen LogP contribution >= 0.6 is 0 Å². The van der Waals surface area contributed by atoms with Gasteiger partial charge in [0.05, 0.1) is 18.1 Å². The van der Waals surface area contributed by atoms with Crippen molar-refractivity contribution in [3.63, 3.8) is 0 Å². The van der Waals surface area contributed by atoms with Gasteiger partial charge < -0.3 is 10.4 Å². The maximum atomic E-state index is 12.3. The number of carbonyl (C=O) groups excluding carboxylic acids is 1. The summed E-state index contributed by atoms with van der Waals surface area (Å²) in [7, 11) is 0. The van der Waals surface area contributed by atoms with Gasteiger partial charge in [0.1, 0.15) is 0 Å². The van der Waals surface area contributed by atoms with Gasteiger partial charge in [0.15, 0.2) is 0 Å². The minimum Gasteiger partial charge on any atom is -0.385 e. The van der Waals surface area contributed by atoms with Crippen LogP contribution in [-0.2, 0) is 10.4 Å². The van der Waals surface area contributed by atoms with Gasteiger partial charge in [-0.25, -0.2) is 0 Å². The quantitative estimate of drug-likeness (QED) is 0.888. The third-order valence-corrected chi connectivity index (χ3v) is 3.93. The van der Waals surface area contributed by atoms with Crippen molar-refractivity contribution >= 4 is 5.91 Å². The molecule has 0 aromatic heterocycles. The number of aryl methyl sites for hydroxylation is 1. The molecule has 0 aliphatic heterocycles. The first kappa shape index (κ1) is 16.2. The zero-order valence-corrected chi connectivity index (χ0v) is 13.3. The summed E-state index contributed by atoms with van der Waals surface area (Å²) in [6.45, 7) is 5.65. The lowest BCUT2D eigenvalue weighted by Gasteiger charge is -2.25. The van der Waals surface area contributed by atoms with Gasteiger partial charge in [-0.2, -0.15) is 0 Å². The zero-order valence-electron chi connectivity index (χ0n) is 13.3. The van der Waals surface area contributed by atoms with Crippen LogP contribution in [0.15, 0.2) is 54.6 Å². The largest absolute Gasteiger partial charge is 0.385 e. The number of hydrogen-bond acceptors (Lipinski definition) is 2. The predicted octanol–water partition coefficient (Wildman–Crippen LogP) is 3.47. The summed E-state index contributed by atoms with van der Waals surface area (Å²) >= 11 is 0. The molecule has 2 unspecified atom stereocenters. The van der Waals surface area contributed by atoms with Crippen LogP contribution in [0.1, 0.15) is 43.0 Å². The second kappa shape index (κ2) is 6.75. The van der Waals surface area contributed by atoms with E-state index < -0.39 is 5.60 Å². The number of aliphatic hydroxyl groups is 1. The minimum atomic E-state index is -1.17. The molecule has 2 atom stereocenters. The van der Waals surface area contributed by atoms with Crippen molar-refractivity contribution in [3.8, 4) is 0 Å². The second-order valence-electron chi connectivity index (χ2n) is 5.96. The fourth-order valence-corrected chi connectivity index (χ4v) is 2.65. The molecule has 22 heavy (non-hydrogen) atoms. The Morgan fingerprint density at radius 3 is 2.36 bits per heavy atom. The van der Waals surface area contributed by atoms with Crippen LogP contribution in [0.4, 0.5) is 0 Å². The number of amides is 1. The van der Waals surface area contributed by atoms with Crippen molar-refractivity contribution in [1.82, 2.24) is 5.32 Å². The van der Waals surface area contributed by atoms with Crippen molar-refractivity contribution in [2.45, 2.75) is 38.8 Å². The summed E-state index contributed by atoms with van der Waals surface area (Å²) in [6, 6.07) is 17.2. The van der Waals surface area contributed by atoms with E-state index in [0.717, 1.165) is 16.7 Å². The highest BCUT2D eigenvalue weighted by Gasteiger charge is 2.27. The average molecular weight is 297 g/mol. The Labute approximate surface area is 132 Å². The Bertz CT molecular complexity index is 635. The molecule has 2 rings (SSSR count). The molecular formula is C19H23NO2. The van der Waals surface area contributed by atoms with Crippen molar-refractivity contribution in [3.05, 3.63) is 71.3 Å². The Hall–Kier alpha value is -2.13. The lowest BCUT2D eigenvalue weighted by molar-refractivity contribution is -0.126. The number of rotatable bonds is 5. The Morgan fingerprint density at radius 2 is 1.73 bits per heavy atom. The zero-order chi connectivity index (χ0) is 16.2. The number of carbonyl (C=O) groups is 1. The summed E-state index contributed by atoms with van der Waals surface area (Å²) in [4.78, 5) is 12.3. The molecule has 116 valence electrons. The monoisotopic (exact) mass is 297 g/mol. The fraction of sp³-hybridized carbons (Fsp3) is 0.316. The molecule has 0 radical (unpaired) electrons. The molecule has 0 aliphatic rings. The molecule has 1 amide bonds. The number of benzene rings is 2. The normalized spacial score (nSPS) is 14.9. The van der Waals surface area contributed by atoms with Crippen LogP contribution in [-0.4, -0.2) is 11.0 Å². The third kappa shape index (κ3) is 3.95. The molecule has 0 heterocycles. The SMILES string of the molecule is Cc1ccccc1C(C)NC(=O)CC(C)(O)c1ccccc1. The van der Waals surface area contributed by atoms with Crippen LogP contribution in [0.2, 0.25) is 0 Å². The molecule has 3 nitrogen and oxygen atoms in total. The van der Waals surface area contributed by atoms with Gasteiger partial charge in [0.25, 0.3) is 0 Å². The van der Waals surface area contributed by atoms with Crippen molar-refractivity contribution in [2.75, 3.05) is 0 Å². The van der Waals surface area contributed by atoms with E-state index in [0.29, 0.717) is 0 Å². The molecule has 0 saturated heterocycles. The van der Waals surface area contributed by atoms with Crippen molar-refractivity contribution in [1.29, 1.82) is 0 Å². The summed E-state index contributed by atoms with van der Waals surface area (Å²) < 4.78 is 0. The van der Waals surface area contributed by atoms with Crippen molar-refractivity contribution in [2.24, 2.45) is 0 Å². The maximum absolute atomic E-state index is 12.3. The standard InChI is InChI=1S/C19H23NO2/c1-14-9-7-8-12-17(14)15(2)20-18(21)13-19(3,22)16-10-5-4-6-11-16/h4-12,15,22H,13H2,1-3H3,(H,20,21). The first-order valence-corrected chi connectivity index (χ1v) is 7.53. The van der Waals surface area contributed by atoms with Crippen LogP contribution in [0, 0.1) is 6.92 Å². The van der Waals surface area contributed by atoms with Crippen LogP contribution in [0.3, 0.4) is 0 Å². The first-order valence-electron chi connectivity index (χ1n) is 7.53. The van der Waals surface area contributed by atoms with E-state index in [1.54, 1.807) is 6.92 Å². The summed E-state index contributed by atoms with van der Waals surface area (Å²) in [5.41, 5.74) is 1.81. The van der Waals surface area contributed by atoms with Crippen LogP contribution in [0.5, 0.6) is 0 Å². The van der Waals surface area contributed by atoms with Crippen LogP contribution in [0.25, 0.3) is 0 Å². The lowest BCUT2D eigenvalue weighted by atomic mass is 9.92. The van der Waals surface area contributed by atoms with E-state index in [-0.39, 0.29) is 18.4 Å². The molecule has 0 spiro atoms. The molecule has 2 N–H and O–H groups in total. The number of hydrogen-bond donors (Lipinski definition) is 2. The van der Waals surface area contributed by atoms with Crippen LogP contribution < -0.4 is 5.32 Å². The van der Waals surface area contributed by atoms with Gasteiger partial charge in [-0.1, -0.05) is 54.6 Å². The van der Waals surface area contributed by atoms with E-state index in [1.165, 1.54) is 0 Å². The average Bonchev–Trinajstić information content (AvgIpc) is 2.47. The Kier molecular flexibility index (Phi) is 4.99. The molecule has 0 aliphatic carbocycles. The van der Waals surface area contributed by atoms with E-state index in [4.69, 9.17) is 0 Å². The number of nitrogens with one attached hydrogen (secondary N) is 1. The topological polar surface area (TPSA) is 49.3 Å². The van der Waals surface area contributed by atoms with Gasteiger partial charge in [-0.3, -0.25) is 4.79 Å². The summed E-state index contributed by atoms with van der Waals surface area (Å²) in [5, 5.41) is 13.5. The molecule has 2 aromatic carbocycles. The van der Waals surface area contributed by atoms with E-state index in [9.17, 15) is 9.90 Å². The Balaban J connectivity index is 2.03. The molecule has 0 saturated carbocycles. The fourth-order valence-electron chi connectivity index (χ4n) is 2.65. The highest BCUT2D eigenvalue weighted by Crippen LogP contribution is 2.25. The molecule has 0 fully saturated rings. The van der Waals surface area contributed by atoms with Gasteiger partial charge in [0, 0.05) is 0 Å². The summed E-state index contributed by atoms with van der Waals surface area (Å²) in [5.74, 6) is -0.162. The highest BCUT2D eigenvalue weighted by molar-refractivity contribution is 5.77. The lowest BCUT2D eigenvalue weighted by Crippen LogP contribution is -2.34. The molecular weight excluding hydrogens is 274 g/mol. The first-order chi connectivity index (χ1) is 10.4. The molecule has 0 bridgehead atoms. The van der Waals surface area contributed by atoms with Gasteiger partial charge in [0.2, 0.25) is 5.91 Å². The molecule has 2 aromatic rings. The van der Waals surface area contributed by atoms with E-state index in [2.05, 4.69) is 5.32 Å². The highest BCUT2D eigenvalue weighted by atomic mass is 16.3. The third-order valence-electron chi connectivity index (χ3n) is 3.93. The minimum absolute atomic E-state index is 0.0350.